The minimum Gasteiger partial charge on any atom is -0.478 e. The van der Waals surface area contributed by atoms with Crippen LogP contribution < -0.4 is 0 Å². The molecule has 3 nitrogen and oxygen atoms in total. The Bertz CT molecular complexity index is 203. The van der Waals surface area contributed by atoms with Crippen molar-refractivity contribution in [3.8, 4) is 0 Å². The van der Waals surface area contributed by atoms with Gasteiger partial charge in [-0.25, -0.2) is 11.4 Å². The second-order valence-corrected chi connectivity index (χ2v) is 2.60. The quantitative estimate of drug-likeness (QED) is 0.374. The molecule has 0 rings (SSSR count). The molecule has 0 aliphatic carbocycles. The van der Waals surface area contributed by atoms with Crippen LogP contribution in [0.25, 0.3) is 4.85 Å². The molecule has 0 spiro atoms. The van der Waals surface area contributed by atoms with Gasteiger partial charge < -0.3 is 9.95 Å². The molecule has 0 atom stereocenters. The zero-order valence-electron chi connectivity index (χ0n) is 7.05. The van der Waals surface area contributed by atoms with E-state index in [2.05, 4.69) is 11.4 Å². The highest BCUT2D eigenvalue weighted by atomic mass is 16.4. The Balaban J connectivity index is 3.27. The number of nitrogens with zero attached hydrogens (tertiary/aromatic N) is 1. The van der Waals surface area contributed by atoms with Crippen molar-refractivity contribution in [1.29, 1.82) is 0 Å². The van der Waals surface area contributed by atoms with Crippen molar-refractivity contribution in [2.75, 3.05) is 6.54 Å². The van der Waals surface area contributed by atoms with E-state index in [1.54, 1.807) is 0 Å². The molecule has 3 heteroatoms. The fraction of sp³-hybridized carbons (Fsp3) is 0.556. The largest absolute Gasteiger partial charge is 0.478 e. The molecule has 0 heterocycles. The second-order valence-electron chi connectivity index (χ2n) is 2.60. The summed E-state index contributed by atoms with van der Waals surface area (Å²) >= 11 is 0. The summed E-state index contributed by atoms with van der Waals surface area (Å²) in [5, 5.41) is 8.44. The smallest absolute Gasteiger partial charge is 0.330 e. The van der Waals surface area contributed by atoms with Gasteiger partial charge in [-0.15, -0.1) is 0 Å². The third kappa shape index (κ3) is 5.48. The molecule has 12 heavy (non-hydrogen) atoms. The van der Waals surface area contributed by atoms with E-state index in [0.29, 0.717) is 13.0 Å². The third-order valence-electron chi connectivity index (χ3n) is 1.55. The van der Waals surface area contributed by atoms with Gasteiger partial charge in [0.1, 0.15) is 0 Å². The monoisotopic (exact) mass is 167 g/mol. The molecule has 0 aliphatic heterocycles. The van der Waals surface area contributed by atoms with Gasteiger partial charge in [0.15, 0.2) is 0 Å². The lowest BCUT2D eigenvalue weighted by molar-refractivity contribution is -0.132. The number of rotatable bonds is 6. The minimum atomic E-state index is -0.917. The van der Waals surface area contributed by atoms with E-state index in [1.165, 1.54) is 0 Å². The first-order chi connectivity index (χ1) is 5.68. The summed E-state index contributed by atoms with van der Waals surface area (Å²) in [5.74, 6) is -0.917. The van der Waals surface area contributed by atoms with E-state index >= 15 is 0 Å². The van der Waals surface area contributed by atoms with E-state index in [1.807, 2.05) is 0 Å². The van der Waals surface area contributed by atoms with Gasteiger partial charge in [0.05, 0.1) is 0 Å². The predicted molar refractivity (Wildman–Crippen MR) is 46.7 cm³/mol. The fourth-order valence-electron chi connectivity index (χ4n) is 0.813. The molecule has 0 amide bonds. The number of aliphatic carboxylic acids is 1. The lowest BCUT2D eigenvalue weighted by Gasteiger charge is -1.97. The molecule has 0 saturated carbocycles. The SMILES string of the molecule is [C-]#[N+]CCCCCC(=C)C(=O)O. The number of unbranched alkanes of at least 4 members (excludes halogenated alkanes) is 2. The number of carboxylic acids is 1. The van der Waals surface area contributed by atoms with Crippen LogP contribution in [-0.2, 0) is 4.79 Å². The Morgan fingerprint density at radius 1 is 1.42 bits per heavy atom. The highest BCUT2D eigenvalue weighted by molar-refractivity contribution is 5.85. The topological polar surface area (TPSA) is 41.7 Å². The molecule has 1 N–H and O–H groups in total. The van der Waals surface area contributed by atoms with Crippen molar-refractivity contribution in [3.05, 3.63) is 23.6 Å². The van der Waals surface area contributed by atoms with Crippen LogP contribution in [0.2, 0.25) is 0 Å². The first-order valence-electron chi connectivity index (χ1n) is 3.92. The van der Waals surface area contributed by atoms with Crippen molar-refractivity contribution < 1.29 is 9.90 Å². The van der Waals surface area contributed by atoms with Crippen LogP contribution >= 0.6 is 0 Å². The van der Waals surface area contributed by atoms with Crippen LogP contribution in [0, 0.1) is 6.57 Å². The van der Waals surface area contributed by atoms with E-state index in [4.69, 9.17) is 11.7 Å². The molecule has 0 aromatic carbocycles. The number of hydrogen-bond acceptors (Lipinski definition) is 1. The van der Waals surface area contributed by atoms with Gasteiger partial charge in [0.25, 0.3) is 0 Å². The van der Waals surface area contributed by atoms with E-state index in [0.717, 1.165) is 19.3 Å². The number of hydrogen-bond donors (Lipinski definition) is 1. The standard InChI is InChI=1S/C9H13NO2/c1-8(9(11)12)6-4-3-5-7-10-2/h1,3-7H2,(H,11,12). The lowest BCUT2D eigenvalue weighted by Crippen LogP contribution is -1.98. The number of carboxylic acid groups (broad SMARTS) is 1. The Morgan fingerprint density at radius 2 is 2.08 bits per heavy atom. The summed E-state index contributed by atoms with van der Waals surface area (Å²) in [7, 11) is 0. The first kappa shape index (κ1) is 10.7. The Hall–Kier alpha value is -1.30. The maximum atomic E-state index is 10.3. The summed E-state index contributed by atoms with van der Waals surface area (Å²) < 4.78 is 0. The van der Waals surface area contributed by atoms with Gasteiger partial charge in [-0.3, -0.25) is 0 Å². The molecule has 0 radical (unpaired) electrons. The minimum absolute atomic E-state index is 0.262. The molecule has 66 valence electrons. The highest BCUT2D eigenvalue weighted by Crippen LogP contribution is 2.06. The summed E-state index contributed by atoms with van der Waals surface area (Å²) in [6.07, 6.45) is 3.12. The Kier molecular flexibility index (Phi) is 5.72. The second kappa shape index (κ2) is 6.41. The van der Waals surface area contributed by atoms with Crippen LogP contribution in [0.5, 0.6) is 0 Å². The molecular weight excluding hydrogens is 154 g/mol. The maximum absolute atomic E-state index is 10.3. The van der Waals surface area contributed by atoms with E-state index in [-0.39, 0.29) is 5.57 Å². The molecule has 0 aromatic rings. The Labute approximate surface area is 72.5 Å². The molecule has 0 fully saturated rings. The Morgan fingerprint density at radius 3 is 2.58 bits per heavy atom. The summed E-state index contributed by atoms with van der Waals surface area (Å²) in [4.78, 5) is 13.5. The van der Waals surface area contributed by atoms with E-state index < -0.39 is 5.97 Å². The summed E-state index contributed by atoms with van der Waals surface area (Å²) in [6.45, 7) is 10.5. The van der Waals surface area contributed by atoms with Crippen LogP contribution in [-0.4, -0.2) is 17.6 Å². The number of carbonyl (C=O) groups is 1. The predicted octanol–water partition coefficient (Wildman–Crippen LogP) is 2.11. The zero-order chi connectivity index (χ0) is 9.40. The van der Waals surface area contributed by atoms with Crippen molar-refractivity contribution in [2.24, 2.45) is 0 Å². The van der Waals surface area contributed by atoms with Gasteiger partial charge in [0, 0.05) is 12.0 Å². The fourth-order valence-corrected chi connectivity index (χ4v) is 0.813. The van der Waals surface area contributed by atoms with Crippen LogP contribution in [0.3, 0.4) is 0 Å². The molecule has 0 saturated heterocycles. The lowest BCUT2D eigenvalue weighted by atomic mass is 10.1. The van der Waals surface area contributed by atoms with Crippen LogP contribution in [0.4, 0.5) is 0 Å². The van der Waals surface area contributed by atoms with E-state index in [9.17, 15) is 4.79 Å². The van der Waals surface area contributed by atoms with Crippen molar-refractivity contribution in [3.63, 3.8) is 0 Å². The van der Waals surface area contributed by atoms with Gasteiger partial charge in [-0.2, -0.15) is 0 Å². The molecule has 0 aromatic heterocycles. The molecule has 0 unspecified atom stereocenters. The normalized spacial score (nSPS) is 8.92. The van der Waals surface area contributed by atoms with Crippen LogP contribution in [0.1, 0.15) is 25.7 Å². The van der Waals surface area contributed by atoms with Crippen molar-refractivity contribution >= 4 is 5.97 Å². The zero-order valence-corrected chi connectivity index (χ0v) is 7.05. The average molecular weight is 167 g/mol. The van der Waals surface area contributed by atoms with Gasteiger partial charge >= 0.3 is 5.97 Å². The molecule has 0 bridgehead atoms. The average Bonchev–Trinajstić information content (AvgIpc) is 2.03. The van der Waals surface area contributed by atoms with Gasteiger partial charge in [-0.1, -0.05) is 6.58 Å². The van der Waals surface area contributed by atoms with Crippen molar-refractivity contribution in [2.45, 2.75) is 25.7 Å². The van der Waals surface area contributed by atoms with Crippen molar-refractivity contribution in [1.82, 2.24) is 0 Å². The maximum Gasteiger partial charge on any atom is 0.330 e. The molecule has 0 aliphatic rings. The molecular formula is C9H13NO2. The van der Waals surface area contributed by atoms with Gasteiger partial charge in [-0.05, 0) is 19.3 Å². The first-order valence-corrected chi connectivity index (χ1v) is 3.92. The highest BCUT2D eigenvalue weighted by Gasteiger charge is 2.02. The third-order valence-corrected chi connectivity index (χ3v) is 1.55. The summed E-state index contributed by atoms with van der Waals surface area (Å²) in [6, 6.07) is 0. The summed E-state index contributed by atoms with van der Waals surface area (Å²) in [5.41, 5.74) is 0.262. The van der Waals surface area contributed by atoms with Gasteiger partial charge in [0.2, 0.25) is 6.54 Å². The van der Waals surface area contributed by atoms with Crippen LogP contribution in [0.15, 0.2) is 12.2 Å².